The fraction of sp³-hybridized carbons (Fsp3) is 0.571. The van der Waals surface area contributed by atoms with Gasteiger partial charge >= 0.3 is 0 Å². The van der Waals surface area contributed by atoms with Gasteiger partial charge in [-0.25, -0.2) is 8.78 Å². The highest BCUT2D eigenvalue weighted by Gasteiger charge is 2.16. The minimum atomic E-state index is -0.527. The molecule has 1 saturated carbocycles. The molecule has 1 unspecified atom stereocenters. The van der Waals surface area contributed by atoms with Crippen molar-refractivity contribution in [1.82, 2.24) is 0 Å². The van der Waals surface area contributed by atoms with E-state index in [1.807, 2.05) is 11.8 Å². The third-order valence-corrected chi connectivity index (χ3v) is 4.83. The molecular formula is C14H19F2NS. The smallest absolute Gasteiger partial charge is 0.126 e. The van der Waals surface area contributed by atoms with Crippen molar-refractivity contribution < 1.29 is 8.78 Å². The Hall–Kier alpha value is -0.610. The summed E-state index contributed by atoms with van der Waals surface area (Å²) in [6.07, 6.45) is 5.75. The van der Waals surface area contributed by atoms with Crippen molar-refractivity contribution in [2.24, 2.45) is 5.73 Å². The van der Waals surface area contributed by atoms with Crippen LogP contribution in [0.2, 0.25) is 0 Å². The van der Waals surface area contributed by atoms with E-state index in [0.29, 0.717) is 12.0 Å². The molecule has 1 fully saturated rings. The van der Waals surface area contributed by atoms with Crippen LogP contribution in [0.1, 0.15) is 31.2 Å². The monoisotopic (exact) mass is 271 g/mol. The Bertz CT molecular complexity index is 371. The fourth-order valence-corrected chi connectivity index (χ4v) is 3.71. The zero-order valence-corrected chi connectivity index (χ0v) is 11.2. The lowest BCUT2D eigenvalue weighted by atomic mass is 10.1. The van der Waals surface area contributed by atoms with Crippen LogP contribution in [0.15, 0.2) is 18.2 Å². The molecule has 0 aliphatic heterocycles. The first-order valence-electron chi connectivity index (χ1n) is 6.45. The predicted octanol–water partition coefficient (Wildman–Crippen LogP) is 3.51. The summed E-state index contributed by atoms with van der Waals surface area (Å²) in [6, 6.07) is 3.59. The van der Waals surface area contributed by atoms with Gasteiger partial charge in [0.05, 0.1) is 0 Å². The zero-order chi connectivity index (χ0) is 13.0. The van der Waals surface area contributed by atoms with Crippen molar-refractivity contribution in [2.75, 3.05) is 5.75 Å². The molecule has 0 spiro atoms. The van der Waals surface area contributed by atoms with E-state index in [4.69, 9.17) is 5.73 Å². The normalized spacial score (nSPS) is 18.2. The molecule has 100 valence electrons. The van der Waals surface area contributed by atoms with Gasteiger partial charge in [0, 0.05) is 23.1 Å². The molecule has 2 N–H and O–H groups in total. The summed E-state index contributed by atoms with van der Waals surface area (Å²) in [6.45, 7) is 0. The molecule has 0 aromatic heterocycles. The quantitative estimate of drug-likeness (QED) is 0.887. The van der Waals surface area contributed by atoms with Crippen LogP contribution in [-0.4, -0.2) is 17.0 Å². The van der Waals surface area contributed by atoms with Crippen molar-refractivity contribution in [2.45, 2.75) is 43.4 Å². The maximum absolute atomic E-state index is 13.0. The average molecular weight is 271 g/mol. The number of thioether (sulfide) groups is 1. The van der Waals surface area contributed by atoms with Crippen molar-refractivity contribution in [3.05, 3.63) is 35.4 Å². The second-order valence-electron chi connectivity index (χ2n) is 4.98. The summed E-state index contributed by atoms with van der Waals surface area (Å²) >= 11 is 1.91. The summed E-state index contributed by atoms with van der Waals surface area (Å²) in [7, 11) is 0. The van der Waals surface area contributed by atoms with E-state index in [2.05, 4.69) is 0 Å². The van der Waals surface area contributed by atoms with Crippen LogP contribution in [0.5, 0.6) is 0 Å². The molecule has 0 heterocycles. The molecule has 1 aromatic carbocycles. The van der Waals surface area contributed by atoms with E-state index in [1.165, 1.54) is 37.8 Å². The Morgan fingerprint density at radius 1 is 1.17 bits per heavy atom. The Balaban J connectivity index is 1.80. The van der Waals surface area contributed by atoms with Crippen LogP contribution in [0.25, 0.3) is 0 Å². The van der Waals surface area contributed by atoms with Gasteiger partial charge in [0.25, 0.3) is 0 Å². The summed E-state index contributed by atoms with van der Waals surface area (Å²) in [5, 5.41) is 0.736. The number of nitrogens with two attached hydrogens (primary N) is 1. The summed E-state index contributed by atoms with van der Waals surface area (Å²) < 4.78 is 26.0. The third kappa shape index (κ3) is 4.25. The largest absolute Gasteiger partial charge is 0.327 e. The molecule has 2 rings (SSSR count). The van der Waals surface area contributed by atoms with Crippen LogP contribution in [-0.2, 0) is 6.42 Å². The van der Waals surface area contributed by atoms with Gasteiger partial charge < -0.3 is 5.73 Å². The zero-order valence-electron chi connectivity index (χ0n) is 10.4. The molecular weight excluding hydrogens is 252 g/mol. The molecule has 1 atom stereocenters. The van der Waals surface area contributed by atoms with E-state index in [-0.39, 0.29) is 6.04 Å². The van der Waals surface area contributed by atoms with Gasteiger partial charge in [0.15, 0.2) is 0 Å². The highest BCUT2D eigenvalue weighted by molar-refractivity contribution is 7.99. The third-order valence-electron chi connectivity index (χ3n) is 3.27. The standard InChI is InChI=1S/C14H19F2NS/c15-11-5-10(6-12(16)8-11)7-13(17)9-18-14-3-1-2-4-14/h5-6,8,13-14H,1-4,7,9,17H2. The molecule has 4 heteroatoms. The molecule has 0 radical (unpaired) electrons. The second-order valence-corrected chi connectivity index (χ2v) is 6.32. The van der Waals surface area contributed by atoms with Crippen LogP contribution in [0, 0.1) is 11.6 Å². The SMILES string of the molecule is NC(CSC1CCCC1)Cc1cc(F)cc(F)c1. The van der Waals surface area contributed by atoms with Gasteiger partial charge in [-0.2, -0.15) is 11.8 Å². The Morgan fingerprint density at radius 2 is 1.78 bits per heavy atom. The molecule has 1 aliphatic carbocycles. The number of hydrogen-bond donors (Lipinski definition) is 1. The minimum Gasteiger partial charge on any atom is -0.327 e. The first kappa shape index (κ1) is 13.8. The number of rotatable bonds is 5. The van der Waals surface area contributed by atoms with Crippen molar-refractivity contribution in [3.63, 3.8) is 0 Å². The molecule has 0 bridgehead atoms. The highest BCUT2D eigenvalue weighted by atomic mass is 32.2. The lowest BCUT2D eigenvalue weighted by molar-refractivity contribution is 0.577. The van der Waals surface area contributed by atoms with Crippen LogP contribution in [0.4, 0.5) is 8.78 Å². The summed E-state index contributed by atoms with van der Waals surface area (Å²) in [5.74, 6) is -0.190. The first-order chi connectivity index (χ1) is 8.63. The second kappa shape index (κ2) is 6.53. The van der Waals surface area contributed by atoms with Gasteiger partial charge in [-0.1, -0.05) is 12.8 Å². The average Bonchev–Trinajstić information content (AvgIpc) is 2.77. The van der Waals surface area contributed by atoms with Gasteiger partial charge in [-0.05, 0) is 37.0 Å². The molecule has 1 nitrogen and oxygen atoms in total. The number of benzene rings is 1. The number of hydrogen-bond acceptors (Lipinski definition) is 2. The van der Waals surface area contributed by atoms with Gasteiger partial charge in [-0.15, -0.1) is 0 Å². The maximum Gasteiger partial charge on any atom is 0.126 e. The van der Waals surface area contributed by atoms with Crippen LogP contribution in [0.3, 0.4) is 0 Å². The fourth-order valence-electron chi connectivity index (χ4n) is 2.41. The van der Waals surface area contributed by atoms with Crippen LogP contribution >= 0.6 is 11.8 Å². The summed E-state index contributed by atoms with van der Waals surface area (Å²) in [4.78, 5) is 0. The van der Waals surface area contributed by atoms with Crippen molar-refractivity contribution in [3.8, 4) is 0 Å². The van der Waals surface area contributed by atoms with E-state index in [1.54, 1.807) is 0 Å². The molecule has 0 saturated heterocycles. The van der Waals surface area contributed by atoms with Crippen LogP contribution < -0.4 is 5.73 Å². The number of halogens is 2. The van der Waals surface area contributed by atoms with Crippen molar-refractivity contribution >= 4 is 11.8 Å². The molecule has 1 aliphatic rings. The molecule has 1 aromatic rings. The lowest BCUT2D eigenvalue weighted by Crippen LogP contribution is -2.26. The van der Waals surface area contributed by atoms with E-state index in [9.17, 15) is 8.78 Å². The van der Waals surface area contributed by atoms with Crippen molar-refractivity contribution in [1.29, 1.82) is 0 Å². The first-order valence-corrected chi connectivity index (χ1v) is 7.50. The molecule has 0 amide bonds. The maximum atomic E-state index is 13.0. The Kier molecular flexibility index (Phi) is 5.01. The molecule has 18 heavy (non-hydrogen) atoms. The van der Waals surface area contributed by atoms with Gasteiger partial charge in [0.1, 0.15) is 11.6 Å². The van der Waals surface area contributed by atoms with E-state index < -0.39 is 11.6 Å². The van der Waals surface area contributed by atoms with Gasteiger partial charge in [-0.3, -0.25) is 0 Å². The predicted molar refractivity (Wildman–Crippen MR) is 72.8 cm³/mol. The van der Waals surface area contributed by atoms with E-state index >= 15 is 0 Å². The summed E-state index contributed by atoms with van der Waals surface area (Å²) in [5.41, 5.74) is 6.66. The Labute approximate surface area is 111 Å². The minimum absolute atomic E-state index is 0.0307. The highest BCUT2D eigenvalue weighted by Crippen LogP contribution is 2.29. The van der Waals surface area contributed by atoms with E-state index in [0.717, 1.165) is 17.1 Å². The Morgan fingerprint density at radius 3 is 2.39 bits per heavy atom. The van der Waals surface area contributed by atoms with Gasteiger partial charge in [0.2, 0.25) is 0 Å². The topological polar surface area (TPSA) is 26.0 Å². The lowest BCUT2D eigenvalue weighted by Gasteiger charge is -2.14.